The van der Waals surface area contributed by atoms with Crippen molar-refractivity contribution in [3.8, 4) is 0 Å². The summed E-state index contributed by atoms with van der Waals surface area (Å²) >= 11 is 0. The molecule has 20 heavy (non-hydrogen) atoms. The van der Waals surface area contributed by atoms with Crippen LogP contribution in [0, 0.1) is 0 Å². The van der Waals surface area contributed by atoms with Gasteiger partial charge in [0, 0.05) is 11.9 Å². The largest absolute Gasteiger partial charge is 0.468 e. The predicted molar refractivity (Wildman–Crippen MR) is 72.0 cm³/mol. The van der Waals surface area contributed by atoms with Crippen LogP contribution in [-0.2, 0) is 20.7 Å². The van der Waals surface area contributed by atoms with Gasteiger partial charge in [-0.1, -0.05) is 17.3 Å². The van der Waals surface area contributed by atoms with E-state index in [0.29, 0.717) is 17.8 Å². The van der Waals surface area contributed by atoms with E-state index in [-0.39, 0.29) is 18.9 Å². The van der Waals surface area contributed by atoms with Gasteiger partial charge in [0.1, 0.15) is 12.2 Å². The normalized spacial score (nSPS) is 10.5. The van der Waals surface area contributed by atoms with Crippen molar-refractivity contribution in [2.45, 2.75) is 13.3 Å². The number of ether oxygens (including phenoxy) is 1. The number of hydrogen-bond donors (Lipinski definition) is 0. The number of fused-ring (bicyclic) bond motifs is 1. The summed E-state index contributed by atoms with van der Waals surface area (Å²) in [5.74, 6) is -0.623. The van der Waals surface area contributed by atoms with Crippen LogP contribution in [0.4, 0.5) is 0 Å². The van der Waals surface area contributed by atoms with E-state index < -0.39 is 5.97 Å². The second kappa shape index (κ2) is 6.18. The second-order valence-electron chi connectivity index (χ2n) is 4.29. The molecule has 2 aromatic rings. The highest BCUT2D eigenvalue weighted by Crippen LogP contribution is 2.18. The number of likely N-dealkylation sites (N-methyl/N-ethyl adjacent to an activating group) is 1. The molecule has 1 amide bonds. The second-order valence-corrected chi connectivity index (χ2v) is 4.29. The van der Waals surface area contributed by atoms with Gasteiger partial charge in [0.2, 0.25) is 5.91 Å². The fourth-order valence-corrected chi connectivity index (χ4v) is 1.92. The number of para-hydroxylation sites is 1. The maximum Gasteiger partial charge on any atom is 0.325 e. The Morgan fingerprint density at radius 1 is 1.35 bits per heavy atom. The van der Waals surface area contributed by atoms with Crippen molar-refractivity contribution in [3.63, 3.8) is 0 Å². The first-order valence-corrected chi connectivity index (χ1v) is 6.33. The van der Waals surface area contributed by atoms with Crippen molar-refractivity contribution in [1.29, 1.82) is 0 Å². The van der Waals surface area contributed by atoms with E-state index in [0.717, 1.165) is 5.39 Å². The minimum Gasteiger partial charge on any atom is -0.468 e. The van der Waals surface area contributed by atoms with Crippen molar-refractivity contribution >= 4 is 22.8 Å². The highest BCUT2D eigenvalue weighted by Gasteiger charge is 2.19. The lowest BCUT2D eigenvalue weighted by molar-refractivity contribution is -0.146. The molecule has 2 rings (SSSR count). The molecule has 0 atom stereocenters. The number of hydrogen-bond acceptors (Lipinski definition) is 5. The van der Waals surface area contributed by atoms with Crippen LogP contribution in [0.3, 0.4) is 0 Å². The quantitative estimate of drug-likeness (QED) is 0.772. The maximum atomic E-state index is 12.2. The van der Waals surface area contributed by atoms with Gasteiger partial charge in [0.05, 0.1) is 13.5 Å². The van der Waals surface area contributed by atoms with Gasteiger partial charge in [-0.15, -0.1) is 0 Å². The van der Waals surface area contributed by atoms with E-state index >= 15 is 0 Å². The maximum absolute atomic E-state index is 12.2. The first-order chi connectivity index (χ1) is 9.65. The summed E-state index contributed by atoms with van der Waals surface area (Å²) in [5.41, 5.74) is 1.22. The summed E-state index contributed by atoms with van der Waals surface area (Å²) in [6.07, 6.45) is 0.0991. The number of aromatic nitrogens is 1. The number of benzene rings is 1. The zero-order valence-corrected chi connectivity index (χ0v) is 11.5. The molecule has 0 N–H and O–H groups in total. The summed E-state index contributed by atoms with van der Waals surface area (Å²) in [6.45, 7) is 2.19. The van der Waals surface area contributed by atoms with E-state index in [1.807, 2.05) is 25.1 Å². The molecule has 0 spiro atoms. The Morgan fingerprint density at radius 2 is 2.10 bits per heavy atom. The highest BCUT2D eigenvalue weighted by molar-refractivity contribution is 5.88. The van der Waals surface area contributed by atoms with Gasteiger partial charge >= 0.3 is 5.97 Å². The lowest BCUT2D eigenvalue weighted by Gasteiger charge is -2.18. The third-order valence-corrected chi connectivity index (χ3v) is 3.05. The number of carbonyl (C=O) groups excluding carboxylic acids is 2. The molecular weight excluding hydrogens is 260 g/mol. The minimum absolute atomic E-state index is 0.0540. The van der Waals surface area contributed by atoms with Crippen LogP contribution in [0.25, 0.3) is 11.0 Å². The van der Waals surface area contributed by atoms with E-state index in [9.17, 15) is 9.59 Å². The molecule has 0 saturated carbocycles. The smallest absolute Gasteiger partial charge is 0.325 e. The Balaban J connectivity index is 2.12. The molecule has 0 bridgehead atoms. The molecule has 6 heteroatoms. The summed E-state index contributed by atoms with van der Waals surface area (Å²) < 4.78 is 9.72. The first-order valence-electron chi connectivity index (χ1n) is 6.33. The van der Waals surface area contributed by atoms with Crippen LogP contribution in [0.15, 0.2) is 28.8 Å². The van der Waals surface area contributed by atoms with Gasteiger partial charge < -0.3 is 14.2 Å². The topological polar surface area (TPSA) is 72.6 Å². The zero-order chi connectivity index (χ0) is 14.5. The van der Waals surface area contributed by atoms with E-state index in [1.54, 1.807) is 6.07 Å². The summed E-state index contributed by atoms with van der Waals surface area (Å²) in [5, 5.41) is 4.73. The third kappa shape index (κ3) is 2.96. The van der Waals surface area contributed by atoms with Gasteiger partial charge in [-0.05, 0) is 19.1 Å². The predicted octanol–water partition coefficient (Wildman–Crippen LogP) is 1.39. The molecule has 0 radical (unpaired) electrons. The monoisotopic (exact) mass is 276 g/mol. The molecule has 1 aromatic heterocycles. The molecule has 0 unspecified atom stereocenters. The van der Waals surface area contributed by atoms with E-state index in [4.69, 9.17) is 4.52 Å². The van der Waals surface area contributed by atoms with E-state index in [1.165, 1.54) is 12.0 Å². The number of esters is 1. The van der Waals surface area contributed by atoms with Crippen molar-refractivity contribution < 1.29 is 18.8 Å². The van der Waals surface area contributed by atoms with Crippen molar-refractivity contribution in [2.24, 2.45) is 0 Å². The number of rotatable bonds is 5. The van der Waals surface area contributed by atoms with Crippen LogP contribution < -0.4 is 0 Å². The molecule has 106 valence electrons. The number of methoxy groups -OCH3 is 1. The average molecular weight is 276 g/mol. The molecule has 6 nitrogen and oxygen atoms in total. The Morgan fingerprint density at radius 3 is 2.80 bits per heavy atom. The Kier molecular flexibility index (Phi) is 4.34. The van der Waals surface area contributed by atoms with Crippen LogP contribution in [0.2, 0.25) is 0 Å². The Bertz CT molecular complexity index is 620. The minimum atomic E-state index is -0.440. The first kappa shape index (κ1) is 14.0. The summed E-state index contributed by atoms with van der Waals surface area (Å²) in [7, 11) is 1.30. The molecule has 1 heterocycles. The van der Waals surface area contributed by atoms with Crippen LogP contribution >= 0.6 is 0 Å². The number of amides is 1. The van der Waals surface area contributed by atoms with E-state index in [2.05, 4.69) is 9.89 Å². The zero-order valence-electron chi connectivity index (χ0n) is 11.5. The Labute approximate surface area is 116 Å². The van der Waals surface area contributed by atoms with Crippen molar-refractivity contribution in [2.75, 3.05) is 20.2 Å². The van der Waals surface area contributed by atoms with Crippen molar-refractivity contribution in [3.05, 3.63) is 30.0 Å². The standard InChI is InChI=1S/C14H16N2O4/c1-3-16(9-14(18)19-2)13(17)8-11-10-6-4-5-7-12(10)20-15-11/h4-7H,3,8-9H2,1-2H3. The third-order valence-electron chi connectivity index (χ3n) is 3.05. The molecule has 0 aliphatic heterocycles. The van der Waals surface area contributed by atoms with Gasteiger partial charge in [-0.3, -0.25) is 9.59 Å². The van der Waals surface area contributed by atoms with Gasteiger partial charge in [-0.2, -0.15) is 0 Å². The fraction of sp³-hybridized carbons (Fsp3) is 0.357. The molecule has 0 aliphatic rings. The van der Waals surface area contributed by atoms with Crippen LogP contribution in [0.5, 0.6) is 0 Å². The SMILES string of the molecule is CCN(CC(=O)OC)C(=O)Cc1noc2ccccc12. The Hall–Kier alpha value is -2.37. The van der Waals surface area contributed by atoms with Crippen molar-refractivity contribution in [1.82, 2.24) is 10.1 Å². The average Bonchev–Trinajstić information content (AvgIpc) is 2.87. The van der Waals surface area contributed by atoms with Crippen LogP contribution in [0.1, 0.15) is 12.6 Å². The lowest BCUT2D eigenvalue weighted by Crippen LogP contribution is -2.37. The molecule has 1 aromatic carbocycles. The number of nitrogens with zero attached hydrogens (tertiary/aromatic N) is 2. The van der Waals surface area contributed by atoms with Gasteiger partial charge in [0.15, 0.2) is 5.58 Å². The van der Waals surface area contributed by atoms with Gasteiger partial charge in [0.25, 0.3) is 0 Å². The van der Waals surface area contributed by atoms with Crippen LogP contribution in [-0.4, -0.2) is 42.1 Å². The lowest BCUT2D eigenvalue weighted by atomic mass is 10.1. The highest BCUT2D eigenvalue weighted by atomic mass is 16.5. The fourth-order valence-electron chi connectivity index (χ4n) is 1.92. The summed E-state index contributed by atoms with van der Waals surface area (Å²) in [6, 6.07) is 7.35. The van der Waals surface area contributed by atoms with Gasteiger partial charge in [-0.25, -0.2) is 0 Å². The molecule has 0 aliphatic carbocycles. The molecule has 0 fully saturated rings. The number of carbonyl (C=O) groups is 2. The summed E-state index contributed by atoms with van der Waals surface area (Å²) in [4.78, 5) is 24.8. The molecular formula is C14H16N2O4. The molecule has 0 saturated heterocycles.